The standard InChI is InChI=1S/C23H18N2/c1-2-8-18(9-3-1)25-22-12-5-4-10-19(22)20-16-17(13-14-23(20)25)21-11-6-7-15-24-21/h1-16,21,24H. The van der Waals surface area contributed by atoms with Gasteiger partial charge >= 0.3 is 0 Å². The Morgan fingerprint density at radius 3 is 2.36 bits per heavy atom. The molecule has 2 heteroatoms. The molecular weight excluding hydrogens is 304 g/mol. The number of dihydropyridines is 1. The van der Waals surface area contributed by atoms with E-state index in [1.165, 1.54) is 33.1 Å². The number of aromatic nitrogens is 1. The predicted molar refractivity (Wildman–Crippen MR) is 105 cm³/mol. The van der Waals surface area contributed by atoms with E-state index in [2.05, 4.69) is 94.8 Å². The molecule has 1 aromatic heterocycles. The second-order valence-corrected chi connectivity index (χ2v) is 6.35. The molecule has 1 atom stereocenters. The number of rotatable bonds is 2. The van der Waals surface area contributed by atoms with Gasteiger partial charge in [-0.3, -0.25) is 0 Å². The van der Waals surface area contributed by atoms with Crippen LogP contribution in [0.25, 0.3) is 27.5 Å². The summed E-state index contributed by atoms with van der Waals surface area (Å²) < 4.78 is 2.35. The van der Waals surface area contributed by atoms with E-state index >= 15 is 0 Å². The highest BCUT2D eigenvalue weighted by atomic mass is 15.0. The second-order valence-electron chi connectivity index (χ2n) is 6.35. The first kappa shape index (κ1) is 14.1. The fourth-order valence-corrected chi connectivity index (χ4v) is 3.69. The molecule has 1 aliphatic heterocycles. The van der Waals surface area contributed by atoms with Gasteiger partial charge in [0.2, 0.25) is 0 Å². The Morgan fingerprint density at radius 1 is 0.720 bits per heavy atom. The van der Waals surface area contributed by atoms with Crippen LogP contribution in [-0.2, 0) is 0 Å². The van der Waals surface area contributed by atoms with Crippen molar-refractivity contribution in [2.45, 2.75) is 6.04 Å². The molecule has 0 aliphatic carbocycles. The number of benzene rings is 3. The van der Waals surface area contributed by atoms with Crippen molar-refractivity contribution < 1.29 is 0 Å². The lowest BCUT2D eigenvalue weighted by molar-refractivity contribution is 0.747. The summed E-state index contributed by atoms with van der Waals surface area (Å²) in [6.45, 7) is 0. The van der Waals surface area contributed by atoms with Gasteiger partial charge in [-0.2, -0.15) is 0 Å². The predicted octanol–water partition coefficient (Wildman–Crippen LogP) is 5.50. The highest BCUT2D eigenvalue weighted by molar-refractivity contribution is 6.09. The number of allylic oxidation sites excluding steroid dienone is 2. The molecular formula is C23H18N2. The quantitative estimate of drug-likeness (QED) is 0.516. The zero-order chi connectivity index (χ0) is 16.6. The molecule has 0 saturated carbocycles. The molecule has 25 heavy (non-hydrogen) atoms. The Balaban J connectivity index is 1.79. The maximum atomic E-state index is 3.41. The van der Waals surface area contributed by atoms with Crippen LogP contribution in [0.4, 0.5) is 0 Å². The number of nitrogens with one attached hydrogen (secondary N) is 1. The summed E-state index contributed by atoms with van der Waals surface area (Å²) in [5, 5.41) is 6.00. The molecule has 0 amide bonds. The third-order valence-corrected chi connectivity index (χ3v) is 4.86. The average molecular weight is 322 g/mol. The second kappa shape index (κ2) is 5.67. The van der Waals surface area contributed by atoms with Crippen molar-refractivity contribution in [1.29, 1.82) is 0 Å². The molecule has 0 radical (unpaired) electrons. The van der Waals surface area contributed by atoms with E-state index < -0.39 is 0 Å². The zero-order valence-electron chi connectivity index (χ0n) is 13.8. The first-order chi connectivity index (χ1) is 12.4. The highest BCUT2D eigenvalue weighted by Crippen LogP contribution is 2.33. The Morgan fingerprint density at radius 2 is 1.52 bits per heavy atom. The van der Waals surface area contributed by atoms with Crippen molar-refractivity contribution in [3.05, 3.63) is 103 Å². The Bertz CT molecular complexity index is 1120. The molecule has 1 aliphatic rings. The molecule has 2 heterocycles. The number of hydrogen-bond acceptors (Lipinski definition) is 1. The van der Waals surface area contributed by atoms with Crippen LogP contribution in [0.5, 0.6) is 0 Å². The Hall–Kier alpha value is -3.26. The maximum absolute atomic E-state index is 3.41. The first-order valence-electron chi connectivity index (χ1n) is 8.60. The van der Waals surface area contributed by atoms with E-state index in [0.717, 1.165) is 0 Å². The topological polar surface area (TPSA) is 17.0 Å². The van der Waals surface area contributed by atoms with Gasteiger partial charge in [0.15, 0.2) is 0 Å². The van der Waals surface area contributed by atoms with Gasteiger partial charge in [-0.05, 0) is 48.2 Å². The summed E-state index contributed by atoms with van der Waals surface area (Å²) in [5.41, 5.74) is 4.96. The lowest BCUT2D eigenvalue weighted by Gasteiger charge is -2.16. The molecule has 0 saturated heterocycles. The molecule has 0 fully saturated rings. The normalized spacial score (nSPS) is 16.4. The van der Waals surface area contributed by atoms with Gasteiger partial charge in [0.1, 0.15) is 0 Å². The smallest absolute Gasteiger partial charge is 0.0695 e. The first-order valence-corrected chi connectivity index (χ1v) is 8.60. The average Bonchev–Trinajstić information content (AvgIpc) is 3.03. The van der Waals surface area contributed by atoms with Gasteiger partial charge in [-0.15, -0.1) is 0 Å². The highest BCUT2D eigenvalue weighted by Gasteiger charge is 2.14. The summed E-state index contributed by atoms with van der Waals surface area (Å²) in [6.07, 6.45) is 8.31. The van der Waals surface area contributed by atoms with Crippen LogP contribution in [-0.4, -0.2) is 4.57 Å². The fraction of sp³-hybridized carbons (Fsp3) is 0.0435. The SMILES string of the molecule is C1=CNC(c2ccc3c(c2)c2ccccc2n3-c2ccccc2)C=C1. The minimum atomic E-state index is 0.230. The Kier molecular flexibility index (Phi) is 3.20. The minimum absolute atomic E-state index is 0.230. The lowest BCUT2D eigenvalue weighted by atomic mass is 10.0. The van der Waals surface area contributed by atoms with Gasteiger partial charge in [0.25, 0.3) is 0 Å². The maximum Gasteiger partial charge on any atom is 0.0695 e. The number of nitrogens with zero attached hydrogens (tertiary/aromatic N) is 1. The van der Waals surface area contributed by atoms with Crippen LogP contribution in [0.3, 0.4) is 0 Å². The van der Waals surface area contributed by atoms with Crippen LogP contribution in [0.2, 0.25) is 0 Å². The molecule has 3 aromatic carbocycles. The minimum Gasteiger partial charge on any atom is -0.381 e. The lowest BCUT2D eigenvalue weighted by Crippen LogP contribution is -2.14. The van der Waals surface area contributed by atoms with Crippen LogP contribution < -0.4 is 5.32 Å². The Labute approximate surface area is 146 Å². The van der Waals surface area contributed by atoms with E-state index in [9.17, 15) is 0 Å². The number of fused-ring (bicyclic) bond motifs is 3. The summed E-state index contributed by atoms with van der Waals surface area (Å²) >= 11 is 0. The van der Waals surface area contributed by atoms with Crippen LogP contribution in [0.1, 0.15) is 11.6 Å². The van der Waals surface area contributed by atoms with Crippen molar-refractivity contribution in [1.82, 2.24) is 9.88 Å². The van der Waals surface area contributed by atoms with Crippen LogP contribution in [0, 0.1) is 0 Å². The van der Waals surface area contributed by atoms with Crippen molar-refractivity contribution in [3.63, 3.8) is 0 Å². The molecule has 0 bridgehead atoms. The summed E-state index contributed by atoms with van der Waals surface area (Å²) in [5.74, 6) is 0. The van der Waals surface area contributed by atoms with Gasteiger partial charge in [-0.25, -0.2) is 0 Å². The van der Waals surface area contributed by atoms with Gasteiger partial charge < -0.3 is 9.88 Å². The molecule has 0 spiro atoms. The molecule has 120 valence electrons. The van der Waals surface area contributed by atoms with E-state index in [-0.39, 0.29) is 6.04 Å². The molecule has 5 rings (SSSR count). The monoisotopic (exact) mass is 322 g/mol. The molecule has 1 unspecified atom stereocenters. The van der Waals surface area contributed by atoms with E-state index in [1.807, 2.05) is 12.3 Å². The fourth-order valence-electron chi connectivity index (χ4n) is 3.69. The van der Waals surface area contributed by atoms with Gasteiger partial charge in [0, 0.05) is 16.5 Å². The van der Waals surface area contributed by atoms with Crippen molar-refractivity contribution in [2.24, 2.45) is 0 Å². The van der Waals surface area contributed by atoms with Crippen molar-refractivity contribution in [2.75, 3.05) is 0 Å². The molecule has 1 N–H and O–H groups in total. The third kappa shape index (κ3) is 2.26. The van der Waals surface area contributed by atoms with Crippen molar-refractivity contribution in [3.8, 4) is 5.69 Å². The van der Waals surface area contributed by atoms with E-state index in [4.69, 9.17) is 0 Å². The summed E-state index contributed by atoms with van der Waals surface area (Å²) in [6, 6.07) is 26.2. The number of hydrogen-bond donors (Lipinski definition) is 1. The van der Waals surface area contributed by atoms with E-state index in [0.29, 0.717) is 0 Å². The summed E-state index contributed by atoms with van der Waals surface area (Å²) in [4.78, 5) is 0. The third-order valence-electron chi connectivity index (χ3n) is 4.86. The van der Waals surface area contributed by atoms with Crippen LogP contribution >= 0.6 is 0 Å². The van der Waals surface area contributed by atoms with E-state index in [1.54, 1.807) is 0 Å². The van der Waals surface area contributed by atoms with Gasteiger partial charge in [-0.1, -0.05) is 54.6 Å². The molecule has 2 nitrogen and oxygen atoms in total. The number of para-hydroxylation sites is 2. The van der Waals surface area contributed by atoms with Crippen LogP contribution in [0.15, 0.2) is 97.2 Å². The van der Waals surface area contributed by atoms with Gasteiger partial charge in [0.05, 0.1) is 17.1 Å². The largest absolute Gasteiger partial charge is 0.381 e. The molecule has 4 aromatic rings. The zero-order valence-corrected chi connectivity index (χ0v) is 13.8. The van der Waals surface area contributed by atoms with Crippen molar-refractivity contribution >= 4 is 21.8 Å². The summed E-state index contributed by atoms with van der Waals surface area (Å²) in [7, 11) is 0.